The summed E-state index contributed by atoms with van der Waals surface area (Å²) in [6, 6.07) is 20.5. The topological polar surface area (TPSA) is 413 Å². The Bertz CT molecular complexity index is 4170. The minimum absolute atomic E-state index is 0.0484. The third kappa shape index (κ3) is 27.2. The summed E-state index contributed by atoms with van der Waals surface area (Å²) >= 11 is 6.35. The largest absolute Gasteiger partial charge is 0.508 e. The number of likely N-dealkylation sites (N-methyl/N-ethyl adjacent to an activating group) is 1. The Morgan fingerprint density at radius 3 is 1.82 bits per heavy atom. The number of nitrogens with zero attached hydrogens (tertiary/aromatic N) is 4. The molecule has 0 spiro atoms. The van der Waals surface area contributed by atoms with E-state index >= 15 is 24.0 Å². The van der Waals surface area contributed by atoms with Crippen LogP contribution in [0.5, 0.6) is 5.75 Å². The Labute approximate surface area is 658 Å². The Kier molecular flexibility index (Phi) is 33.8. The molecule has 0 radical (unpaired) electrons. The first kappa shape index (κ1) is 86.7. The predicted octanol–water partition coefficient (Wildman–Crippen LogP) is 4.09. The molecule has 4 heterocycles. The fraction of sp³-hybridized carbons (Fsp3) is 0.463. The van der Waals surface area contributed by atoms with E-state index in [1.807, 2.05) is 70.2 Å². The van der Waals surface area contributed by atoms with E-state index in [1.165, 1.54) is 55.8 Å². The van der Waals surface area contributed by atoms with Gasteiger partial charge in [-0.1, -0.05) is 112 Å². The summed E-state index contributed by atoms with van der Waals surface area (Å²) in [5, 5.41) is 41.2. The molecule has 600 valence electrons. The lowest BCUT2D eigenvalue weighted by molar-refractivity contribution is -0.143. The van der Waals surface area contributed by atoms with Crippen molar-refractivity contribution in [1.82, 2.24) is 72.9 Å². The van der Waals surface area contributed by atoms with E-state index < -0.39 is 138 Å². The molecule has 30 heteroatoms. The molecule has 2 saturated heterocycles. The van der Waals surface area contributed by atoms with E-state index in [-0.39, 0.29) is 95.0 Å². The van der Waals surface area contributed by atoms with Gasteiger partial charge in [-0.3, -0.25) is 67.5 Å². The number of benzene rings is 4. The van der Waals surface area contributed by atoms with Crippen LogP contribution in [0.25, 0.3) is 10.8 Å². The Morgan fingerprint density at radius 1 is 0.571 bits per heavy atom. The van der Waals surface area contributed by atoms with Crippen LogP contribution in [-0.4, -0.2) is 202 Å². The number of carbonyl (C=O) groups excluding carboxylic acids is 12. The maximum atomic E-state index is 15.8. The summed E-state index contributed by atoms with van der Waals surface area (Å²) in [5.74, 6) is -8.69. The molecule has 0 saturated carbocycles. The molecular formula is C82H106ClN15O14. The van der Waals surface area contributed by atoms with Gasteiger partial charge in [0, 0.05) is 88.3 Å². The number of halogens is 1. The minimum Gasteiger partial charge on any atom is -0.508 e. The molecule has 10 atom stereocenters. The van der Waals surface area contributed by atoms with Gasteiger partial charge in [0.1, 0.15) is 66.2 Å². The van der Waals surface area contributed by atoms with Crippen LogP contribution in [0.1, 0.15) is 138 Å². The molecule has 12 amide bonds. The fourth-order valence-electron chi connectivity index (χ4n) is 13.4. The van der Waals surface area contributed by atoms with Crippen LogP contribution in [0, 0.1) is 5.92 Å². The summed E-state index contributed by atoms with van der Waals surface area (Å²) in [4.78, 5) is 183. The van der Waals surface area contributed by atoms with Crippen molar-refractivity contribution in [3.05, 3.63) is 173 Å². The summed E-state index contributed by atoms with van der Waals surface area (Å²) < 4.78 is 5.51. The van der Waals surface area contributed by atoms with Gasteiger partial charge in [-0.25, -0.2) is 0 Å². The number of aromatic hydroxyl groups is 1. The third-order valence-corrected chi connectivity index (χ3v) is 19.9. The number of pyridine rings is 2. The summed E-state index contributed by atoms with van der Waals surface area (Å²) in [7, 11) is 1.35. The van der Waals surface area contributed by atoms with Crippen molar-refractivity contribution >= 4 is 93.3 Å². The van der Waals surface area contributed by atoms with Gasteiger partial charge in [-0.05, 0) is 166 Å². The van der Waals surface area contributed by atoms with Gasteiger partial charge < -0.3 is 78.5 Å². The molecule has 0 aliphatic carbocycles. The molecule has 0 bridgehead atoms. The zero-order chi connectivity index (χ0) is 80.8. The second-order valence-corrected chi connectivity index (χ2v) is 29.7. The number of phenolic OH excluding ortho intramolecular Hbond substituents is 1. The number of unbranched alkanes of at least 4 members (excludes halogenated alkanes) is 2. The molecule has 13 N–H and O–H groups in total. The number of likely N-dealkylation sites (tertiary alicyclic amines) is 1. The highest BCUT2D eigenvalue weighted by Crippen LogP contribution is 2.24. The molecule has 4 aromatic carbocycles. The zero-order valence-corrected chi connectivity index (χ0v) is 65.1. The molecule has 112 heavy (non-hydrogen) atoms. The molecule has 2 aliphatic rings. The monoisotopic (exact) mass is 1560 g/mol. The number of aromatic nitrogens is 2. The fourth-order valence-corrected chi connectivity index (χ4v) is 13.5. The highest BCUT2D eigenvalue weighted by Gasteiger charge is 2.41. The third-order valence-electron chi connectivity index (χ3n) is 19.6. The maximum Gasteiger partial charge on any atom is 0.252 e. The molecule has 2 aliphatic heterocycles. The molecule has 0 unspecified atom stereocenters. The number of nitrogens with two attached hydrogens (primary N) is 1. The van der Waals surface area contributed by atoms with Crippen molar-refractivity contribution < 1.29 is 67.4 Å². The van der Waals surface area contributed by atoms with E-state index in [0.717, 1.165) is 15.7 Å². The van der Waals surface area contributed by atoms with Crippen LogP contribution in [-0.2, 0) is 83.2 Å². The average molecular weight is 1560 g/mol. The van der Waals surface area contributed by atoms with Crippen molar-refractivity contribution in [2.75, 3.05) is 39.8 Å². The lowest BCUT2D eigenvalue weighted by Gasteiger charge is -2.33. The Hall–Kier alpha value is -10.9. The molecular weight excluding hydrogens is 1450 g/mol. The van der Waals surface area contributed by atoms with Gasteiger partial charge in [0.15, 0.2) is 0 Å². The van der Waals surface area contributed by atoms with Crippen molar-refractivity contribution in [2.24, 2.45) is 11.7 Å². The number of primary amides is 1. The standard InChI is InChI=1S/C82H106ClN15O14/c1-50(2)41-64(75(104)93-63(22-10-11-37-87-51(3)4)82(111)98-39-15-23-68(98)78(107)90-52(5)72(84)101)94-74(103)62(21-9-12-38-88-73(102)59-20-14-36-86-48-59)92-79(108)69(46-54-28-33-61(99)34-29-54)97(6)81(110)67(45-56-17-13-35-85-47-56)96-77(106)66(43-53-26-31-60(83)32-27-53)95-76(105)65(44-55-25-30-57-18-7-8-19-58(57)42-55)91-71(100)49-89-80(109)70-24-16-40-112-70/h7-8,13-14,17-20,25-36,42,47-48,50-52,62-70,87,99H,9-12,15-16,21-24,37-41,43-46,49H2,1-6H3,(H2,84,101)(H,88,102)(H,89,109)(H,90,107)(H,91,100)(H,92,108)(H,93,104)(H,94,103)(H,95,105)(H,96,106)/t52-,62-,63+,64+,65-,66-,67-,68+,69+,70+/m1/s1. The molecule has 8 rings (SSSR count). The number of phenols is 1. The first-order valence-electron chi connectivity index (χ1n) is 38.4. The lowest BCUT2D eigenvalue weighted by atomic mass is 9.98. The first-order chi connectivity index (χ1) is 53.7. The molecule has 2 aromatic heterocycles. The second kappa shape index (κ2) is 43.6. The lowest BCUT2D eigenvalue weighted by Crippen LogP contribution is -2.61. The Balaban J connectivity index is 1.09. The normalized spacial score (nSPS) is 16.1. The second-order valence-electron chi connectivity index (χ2n) is 29.3. The highest BCUT2D eigenvalue weighted by molar-refractivity contribution is 6.30. The van der Waals surface area contributed by atoms with Crippen molar-refractivity contribution in [2.45, 2.75) is 197 Å². The zero-order valence-electron chi connectivity index (χ0n) is 64.3. The summed E-state index contributed by atoms with van der Waals surface area (Å²) in [6.07, 6.45) is 8.13. The number of hydrogen-bond acceptors (Lipinski definition) is 17. The van der Waals surface area contributed by atoms with Crippen LogP contribution in [0.4, 0.5) is 0 Å². The van der Waals surface area contributed by atoms with Crippen LogP contribution in [0.2, 0.25) is 5.02 Å². The van der Waals surface area contributed by atoms with Crippen LogP contribution in [0.3, 0.4) is 0 Å². The number of nitrogens with one attached hydrogen (secondary N) is 10. The van der Waals surface area contributed by atoms with Gasteiger partial charge in [0.2, 0.25) is 65.0 Å². The number of carbonyl (C=O) groups is 12. The van der Waals surface area contributed by atoms with E-state index in [9.17, 15) is 38.7 Å². The van der Waals surface area contributed by atoms with Gasteiger partial charge in [-0.15, -0.1) is 0 Å². The van der Waals surface area contributed by atoms with E-state index in [0.29, 0.717) is 78.1 Å². The smallest absolute Gasteiger partial charge is 0.252 e. The van der Waals surface area contributed by atoms with E-state index in [4.69, 9.17) is 22.1 Å². The number of fused-ring (bicyclic) bond motifs is 1. The SMILES string of the molecule is CC(C)C[C@H](NC(=O)[C@@H](CCCCNC(=O)c1cccnc1)NC(=O)[C@H](Cc1ccc(O)cc1)N(C)C(=O)[C@@H](Cc1cccnc1)NC(=O)[C@@H](Cc1ccc(Cl)cc1)NC(=O)[C@@H](Cc1ccc2ccccc2c1)NC(=O)CNC(=O)[C@@H]1CCCO1)C(=O)N[C@@H](CCCCNC(C)C)C(=O)N1CCC[C@H]1C(=O)N[C@H](C)C(N)=O. The van der Waals surface area contributed by atoms with Crippen LogP contribution < -0.4 is 58.9 Å². The van der Waals surface area contributed by atoms with Crippen LogP contribution >= 0.6 is 11.6 Å². The van der Waals surface area contributed by atoms with Gasteiger partial charge >= 0.3 is 0 Å². The van der Waals surface area contributed by atoms with Gasteiger partial charge in [-0.2, -0.15) is 0 Å². The number of rotatable bonds is 42. The number of amides is 12. The van der Waals surface area contributed by atoms with Gasteiger partial charge in [0.25, 0.3) is 5.91 Å². The van der Waals surface area contributed by atoms with Crippen LogP contribution in [0.15, 0.2) is 140 Å². The number of ether oxygens (including phenoxy) is 1. The van der Waals surface area contributed by atoms with Gasteiger partial charge in [0.05, 0.1) is 12.1 Å². The van der Waals surface area contributed by atoms with Crippen molar-refractivity contribution in [1.29, 1.82) is 0 Å². The van der Waals surface area contributed by atoms with E-state index in [1.54, 1.807) is 60.7 Å². The predicted molar refractivity (Wildman–Crippen MR) is 421 cm³/mol. The summed E-state index contributed by atoms with van der Waals surface area (Å²) in [6.45, 7) is 9.94. The quantitative estimate of drug-likeness (QED) is 0.0240. The average Bonchev–Trinajstić information content (AvgIpc) is 1.82. The maximum absolute atomic E-state index is 15.8. The molecule has 6 aromatic rings. The molecule has 29 nitrogen and oxygen atoms in total. The minimum atomic E-state index is -1.52. The van der Waals surface area contributed by atoms with Crippen molar-refractivity contribution in [3.8, 4) is 5.75 Å². The molecule has 2 fully saturated rings. The first-order valence-corrected chi connectivity index (χ1v) is 38.8. The number of hydrogen-bond donors (Lipinski definition) is 12. The Morgan fingerprint density at radius 2 is 1.16 bits per heavy atom. The van der Waals surface area contributed by atoms with Crippen molar-refractivity contribution in [3.63, 3.8) is 0 Å². The summed E-state index contributed by atoms with van der Waals surface area (Å²) in [5.41, 5.74) is 7.90. The van der Waals surface area contributed by atoms with E-state index in [2.05, 4.69) is 63.1 Å². The highest BCUT2D eigenvalue weighted by atomic mass is 35.5.